The van der Waals surface area contributed by atoms with Gasteiger partial charge in [0.15, 0.2) is 5.16 Å². The van der Waals surface area contributed by atoms with Crippen LogP contribution in [0.2, 0.25) is 5.15 Å². The van der Waals surface area contributed by atoms with E-state index in [4.69, 9.17) is 21.6 Å². The maximum Gasteiger partial charge on any atom is 0.224 e. The van der Waals surface area contributed by atoms with E-state index in [2.05, 4.69) is 16.0 Å². The van der Waals surface area contributed by atoms with Crippen LogP contribution in [0.4, 0.5) is 0 Å². The summed E-state index contributed by atoms with van der Waals surface area (Å²) in [6, 6.07) is 7.25. The van der Waals surface area contributed by atoms with Gasteiger partial charge in [-0.15, -0.1) is 0 Å². The van der Waals surface area contributed by atoms with Crippen molar-refractivity contribution in [3.63, 3.8) is 0 Å². The predicted octanol–water partition coefficient (Wildman–Crippen LogP) is 4.13. The molecule has 6 heteroatoms. The van der Waals surface area contributed by atoms with Gasteiger partial charge in [0, 0.05) is 6.07 Å². The highest BCUT2D eigenvalue weighted by Gasteiger charge is 2.10. The minimum atomic E-state index is 0.336. The van der Waals surface area contributed by atoms with Crippen LogP contribution in [0.1, 0.15) is 16.7 Å². The molecule has 2 rings (SSSR count). The van der Waals surface area contributed by atoms with Crippen LogP contribution in [0, 0.1) is 25.2 Å². The molecule has 0 aliphatic carbocycles. The van der Waals surface area contributed by atoms with Gasteiger partial charge in [0.2, 0.25) is 5.88 Å². The summed E-state index contributed by atoms with van der Waals surface area (Å²) in [4.78, 5) is 8.31. The monoisotopic (exact) mass is 305 g/mol. The third-order valence-corrected chi connectivity index (χ3v) is 3.37. The zero-order valence-electron chi connectivity index (χ0n) is 11.3. The van der Waals surface area contributed by atoms with Crippen molar-refractivity contribution in [1.29, 1.82) is 5.26 Å². The minimum Gasteiger partial charge on any atom is -0.438 e. The number of hydrogen-bond donors (Lipinski definition) is 0. The van der Waals surface area contributed by atoms with Crippen molar-refractivity contribution in [1.82, 2.24) is 9.97 Å². The van der Waals surface area contributed by atoms with E-state index in [-0.39, 0.29) is 0 Å². The van der Waals surface area contributed by atoms with Crippen molar-refractivity contribution in [2.24, 2.45) is 0 Å². The van der Waals surface area contributed by atoms with E-state index < -0.39 is 0 Å². The molecule has 2 aromatic rings. The Bertz CT molecular complexity index is 674. The van der Waals surface area contributed by atoms with Gasteiger partial charge >= 0.3 is 0 Å². The number of benzene rings is 1. The molecule has 0 aliphatic rings. The molecule has 0 radical (unpaired) electrons. The second-order valence-electron chi connectivity index (χ2n) is 4.17. The topological polar surface area (TPSA) is 58.8 Å². The van der Waals surface area contributed by atoms with E-state index in [1.165, 1.54) is 11.8 Å². The third-order valence-electron chi connectivity index (χ3n) is 2.63. The molecule has 0 spiro atoms. The van der Waals surface area contributed by atoms with Crippen molar-refractivity contribution >= 4 is 23.4 Å². The van der Waals surface area contributed by atoms with Crippen LogP contribution in [0.3, 0.4) is 0 Å². The zero-order chi connectivity index (χ0) is 14.7. The summed E-state index contributed by atoms with van der Waals surface area (Å²) in [6.45, 7) is 3.78. The Labute approximate surface area is 126 Å². The molecule has 0 amide bonds. The fourth-order valence-electron chi connectivity index (χ4n) is 1.80. The molecular formula is C14H12ClN3OS. The summed E-state index contributed by atoms with van der Waals surface area (Å²) in [5, 5.41) is 9.83. The van der Waals surface area contributed by atoms with E-state index in [0.29, 0.717) is 27.5 Å². The number of hydrogen-bond acceptors (Lipinski definition) is 5. The number of nitriles is 1. The van der Waals surface area contributed by atoms with Crippen molar-refractivity contribution in [3.8, 4) is 17.7 Å². The number of aryl methyl sites for hydroxylation is 2. The molecule has 0 bridgehead atoms. The number of halogens is 1. The summed E-state index contributed by atoms with van der Waals surface area (Å²) >= 11 is 7.33. The number of aromatic nitrogens is 2. The van der Waals surface area contributed by atoms with Gasteiger partial charge in [-0.3, -0.25) is 0 Å². The molecular weight excluding hydrogens is 294 g/mol. The van der Waals surface area contributed by atoms with Crippen molar-refractivity contribution in [2.75, 3.05) is 6.26 Å². The Morgan fingerprint density at radius 1 is 1.20 bits per heavy atom. The maximum atomic E-state index is 8.94. The predicted molar refractivity (Wildman–Crippen MR) is 79.5 cm³/mol. The average molecular weight is 306 g/mol. The van der Waals surface area contributed by atoms with Gasteiger partial charge in [-0.1, -0.05) is 23.4 Å². The Kier molecular flexibility index (Phi) is 4.48. The molecule has 1 aromatic heterocycles. The van der Waals surface area contributed by atoms with Gasteiger partial charge < -0.3 is 4.74 Å². The SMILES string of the molecule is CSc1nc(Cl)cc(Oc2c(C)cc(C#N)cc2C)n1. The van der Waals surface area contributed by atoms with Crippen LogP contribution in [0.15, 0.2) is 23.4 Å². The number of rotatable bonds is 3. The van der Waals surface area contributed by atoms with Crippen molar-refractivity contribution in [2.45, 2.75) is 19.0 Å². The highest BCUT2D eigenvalue weighted by Crippen LogP contribution is 2.30. The minimum absolute atomic E-state index is 0.336. The standard InChI is InChI=1S/C14H12ClN3OS/c1-8-4-10(7-16)5-9(2)13(8)19-12-6-11(15)17-14(18-12)20-3/h4-6H,1-3H3. The van der Waals surface area contributed by atoms with Crippen LogP contribution in [-0.2, 0) is 0 Å². The van der Waals surface area contributed by atoms with Gasteiger partial charge in [-0.05, 0) is 43.4 Å². The first-order chi connectivity index (χ1) is 9.53. The summed E-state index contributed by atoms with van der Waals surface area (Å²) in [5.41, 5.74) is 2.36. The summed E-state index contributed by atoms with van der Waals surface area (Å²) < 4.78 is 5.80. The van der Waals surface area contributed by atoms with Crippen molar-refractivity contribution < 1.29 is 4.74 Å². The first kappa shape index (κ1) is 14.6. The highest BCUT2D eigenvalue weighted by atomic mass is 35.5. The lowest BCUT2D eigenvalue weighted by atomic mass is 10.1. The highest BCUT2D eigenvalue weighted by molar-refractivity contribution is 7.98. The molecule has 1 aromatic carbocycles. The Morgan fingerprint density at radius 3 is 2.40 bits per heavy atom. The van der Waals surface area contributed by atoms with E-state index in [1.807, 2.05) is 20.1 Å². The van der Waals surface area contributed by atoms with Gasteiger partial charge in [0.25, 0.3) is 0 Å². The summed E-state index contributed by atoms with van der Waals surface area (Å²) in [5.74, 6) is 1.08. The lowest BCUT2D eigenvalue weighted by molar-refractivity contribution is 0.449. The fraction of sp³-hybridized carbons (Fsp3) is 0.214. The van der Waals surface area contributed by atoms with Gasteiger partial charge in [0.1, 0.15) is 10.9 Å². The molecule has 0 unspecified atom stereocenters. The number of ether oxygens (including phenoxy) is 1. The van der Waals surface area contributed by atoms with Crippen LogP contribution in [-0.4, -0.2) is 16.2 Å². The van der Waals surface area contributed by atoms with Gasteiger partial charge in [-0.25, -0.2) is 4.98 Å². The normalized spacial score (nSPS) is 10.2. The molecule has 20 heavy (non-hydrogen) atoms. The molecule has 4 nitrogen and oxygen atoms in total. The van der Waals surface area contributed by atoms with Crippen LogP contribution < -0.4 is 4.74 Å². The van der Waals surface area contributed by atoms with E-state index in [1.54, 1.807) is 18.2 Å². The molecule has 102 valence electrons. The van der Waals surface area contributed by atoms with E-state index in [9.17, 15) is 0 Å². The molecule has 0 N–H and O–H groups in total. The third kappa shape index (κ3) is 3.21. The van der Waals surface area contributed by atoms with Crippen LogP contribution in [0.25, 0.3) is 0 Å². The largest absolute Gasteiger partial charge is 0.438 e. The van der Waals surface area contributed by atoms with Gasteiger partial charge in [-0.2, -0.15) is 10.2 Å². The summed E-state index contributed by atoms with van der Waals surface area (Å²) in [6.07, 6.45) is 1.87. The second-order valence-corrected chi connectivity index (χ2v) is 5.33. The maximum absolute atomic E-state index is 8.94. The number of nitrogens with zero attached hydrogens (tertiary/aromatic N) is 3. The van der Waals surface area contributed by atoms with E-state index >= 15 is 0 Å². The lowest BCUT2D eigenvalue weighted by Crippen LogP contribution is -1.96. The fourth-order valence-corrected chi connectivity index (χ4v) is 2.40. The van der Waals surface area contributed by atoms with Gasteiger partial charge in [0.05, 0.1) is 11.6 Å². The Balaban J connectivity index is 2.40. The summed E-state index contributed by atoms with van der Waals surface area (Å²) in [7, 11) is 0. The smallest absolute Gasteiger partial charge is 0.224 e. The zero-order valence-corrected chi connectivity index (χ0v) is 12.8. The van der Waals surface area contributed by atoms with E-state index in [0.717, 1.165) is 11.1 Å². The lowest BCUT2D eigenvalue weighted by Gasteiger charge is -2.12. The average Bonchev–Trinajstić information content (AvgIpc) is 2.41. The van der Waals surface area contributed by atoms with Crippen LogP contribution >= 0.6 is 23.4 Å². The molecule has 0 fully saturated rings. The molecule has 0 aliphatic heterocycles. The first-order valence-corrected chi connectivity index (χ1v) is 7.41. The first-order valence-electron chi connectivity index (χ1n) is 5.81. The number of thioether (sulfide) groups is 1. The van der Waals surface area contributed by atoms with Crippen molar-refractivity contribution in [3.05, 3.63) is 40.0 Å². The van der Waals surface area contributed by atoms with Crippen LogP contribution in [0.5, 0.6) is 11.6 Å². The molecule has 1 heterocycles. The molecule has 0 atom stereocenters. The Hall–Kier alpha value is -1.77. The quantitative estimate of drug-likeness (QED) is 0.485. The second kappa shape index (κ2) is 6.12. The molecule has 0 saturated heterocycles. The molecule has 0 saturated carbocycles. The Morgan fingerprint density at radius 2 is 1.85 bits per heavy atom.